The Kier molecular flexibility index (Phi) is 3.55. The molecule has 2 N–H and O–H groups in total. The summed E-state index contributed by atoms with van der Waals surface area (Å²) in [6.45, 7) is 0. The molecule has 0 spiro atoms. The first-order chi connectivity index (χ1) is 10.2. The molecule has 0 unspecified atom stereocenters. The lowest BCUT2D eigenvalue weighted by Gasteiger charge is -1.99. The molecule has 106 valence electrons. The summed E-state index contributed by atoms with van der Waals surface area (Å²) in [5.41, 5.74) is 2.94. The first-order valence-corrected chi connectivity index (χ1v) is 6.63. The summed E-state index contributed by atoms with van der Waals surface area (Å²) >= 11 is 0. The highest BCUT2D eigenvalue weighted by Crippen LogP contribution is 2.20. The second kappa shape index (κ2) is 5.66. The number of hydrogen-bond acceptors (Lipinski definition) is 5. The summed E-state index contributed by atoms with van der Waals surface area (Å²) in [6.07, 6.45) is 0.568. The van der Waals surface area contributed by atoms with Crippen LogP contribution in [0.15, 0.2) is 53.1 Å². The number of aromatic nitrogens is 2. The number of benzene rings is 2. The third kappa shape index (κ3) is 3.02. The molecule has 0 saturated heterocycles. The van der Waals surface area contributed by atoms with E-state index in [2.05, 4.69) is 15.5 Å². The van der Waals surface area contributed by atoms with Crippen LogP contribution in [0.25, 0.3) is 11.5 Å². The summed E-state index contributed by atoms with van der Waals surface area (Å²) in [7, 11) is 1.87. The number of aromatic hydroxyl groups is 1. The molecule has 5 heteroatoms. The van der Waals surface area contributed by atoms with Gasteiger partial charge in [-0.15, -0.1) is 0 Å². The van der Waals surface area contributed by atoms with Crippen molar-refractivity contribution >= 4 is 5.69 Å². The van der Waals surface area contributed by atoms with Crippen LogP contribution in [0.1, 0.15) is 11.4 Å². The van der Waals surface area contributed by atoms with Crippen LogP contribution in [0, 0.1) is 0 Å². The highest BCUT2D eigenvalue weighted by molar-refractivity contribution is 5.58. The molecular weight excluding hydrogens is 266 g/mol. The quantitative estimate of drug-likeness (QED) is 0.769. The van der Waals surface area contributed by atoms with Gasteiger partial charge in [-0.1, -0.05) is 17.3 Å². The molecule has 3 rings (SSSR count). The summed E-state index contributed by atoms with van der Waals surface area (Å²) in [5.74, 6) is 1.37. The van der Waals surface area contributed by atoms with Crippen LogP contribution in [0.3, 0.4) is 0 Å². The van der Waals surface area contributed by atoms with Crippen LogP contribution in [0.4, 0.5) is 5.69 Å². The first kappa shape index (κ1) is 13.2. The number of anilines is 1. The van der Waals surface area contributed by atoms with Crippen molar-refractivity contribution in [2.24, 2.45) is 0 Å². The lowest BCUT2D eigenvalue weighted by molar-refractivity contribution is 0.424. The molecule has 3 aromatic rings. The molecule has 0 aliphatic heterocycles. The van der Waals surface area contributed by atoms with Crippen molar-refractivity contribution in [1.29, 1.82) is 0 Å². The maximum Gasteiger partial charge on any atom is 0.257 e. The zero-order valence-electron chi connectivity index (χ0n) is 11.6. The average molecular weight is 281 g/mol. The van der Waals surface area contributed by atoms with E-state index in [1.165, 1.54) is 0 Å². The number of nitrogens with one attached hydrogen (secondary N) is 1. The molecule has 1 heterocycles. The van der Waals surface area contributed by atoms with E-state index in [1.807, 2.05) is 43.4 Å². The number of rotatable bonds is 4. The molecule has 0 atom stereocenters. The van der Waals surface area contributed by atoms with Crippen molar-refractivity contribution in [1.82, 2.24) is 10.1 Å². The van der Waals surface area contributed by atoms with Crippen LogP contribution in [-0.4, -0.2) is 22.3 Å². The predicted molar refractivity (Wildman–Crippen MR) is 80.2 cm³/mol. The number of nitrogens with zero attached hydrogens (tertiary/aromatic N) is 2. The zero-order valence-corrected chi connectivity index (χ0v) is 11.6. The highest BCUT2D eigenvalue weighted by Gasteiger charge is 2.09. The van der Waals surface area contributed by atoms with E-state index in [0.717, 1.165) is 16.8 Å². The van der Waals surface area contributed by atoms with E-state index < -0.39 is 0 Å². The average Bonchev–Trinajstić information content (AvgIpc) is 2.98. The molecule has 0 amide bonds. The second-order valence-corrected chi connectivity index (χ2v) is 4.69. The summed E-state index contributed by atoms with van der Waals surface area (Å²) in [6, 6.07) is 14.8. The van der Waals surface area contributed by atoms with Crippen molar-refractivity contribution in [3.63, 3.8) is 0 Å². The van der Waals surface area contributed by atoms with Crippen LogP contribution >= 0.6 is 0 Å². The minimum atomic E-state index is 0.247. The summed E-state index contributed by atoms with van der Waals surface area (Å²) in [4.78, 5) is 4.39. The molecule has 0 aliphatic carbocycles. The topological polar surface area (TPSA) is 71.2 Å². The molecular formula is C16H15N3O2. The van der Waals surface area contributed by atoms with Gasteiger partial charge in [0.15, 0.2) is 5.82 Å². The molecule has 1 aromatic heterocycles. The maximum absolute atomic E-state index is 9.26. The monoisotopic (exact) mass is 281 g/mol. The van der Waals surface area contributed by atoms with Crippen LogP contribution < -0.4 is 5.32 Å². The van der Waals surface area contributed by atoms with Gasteiger partial charge in [-0.3, -0.25) is 0 Å². The van der Waals surface area contributed by atoms with E-state index in [9.17, 15) is 5.11 Å². The Bertz CT molecular complexity index is 718. The van der Waals surface area contributed by atoms with Crippen molar-refractivity contribution in [3.05, 3.63) is 59.9 Å². The van der Waals surface area contributed by atoms with Crippen LogP contribution in [0.5, 0.6) is 5.75 Å². The fourth-order valence-corrected chi connectivity index (χ4v) is 2.02. The first-order valence-electron chi connectivity index (χ1n) is 6.63. The molecule has 0 aliphatic rings. The minimum Gasteiger partial charge on any atom is -0.508 e. The van der Waals surface area contributed by atoms with Gasteiger partial charge in [0.2, 0.25) is 0 Å². The van der Waals surface area contributed by atoms with E-state index in [4.69, 9.17) is 4.52 Å². The molecule has 0 bridgehead atoms. The minimum absolute atomic E-state index is 0.247. The lowest BCUT2D eigenvalue weighted by Crippen LogP contribution is -1.90. The Morgan fingerprint density at radius 3 is 2.43 bits per heavy atom. The van der Waals surface area contributed by atoms with Crippen LogP contribution in [0.2, 0.25) is 0 Å². The zero-order chi connectivity index (χ0) is 14.7. The standard InChI is InChI=1S/C16H15N3O2/c1-17-13-6-4-12(5-7-13)16-18-15(19-21-16)10-11-2-8-14(20)9-3-11/h2-9,17,20H,10H2,1H3. The third-order valence-electron chi connectivity index (χ3n) is 3.19. The Balaban J connectivity index is 1.77. The van der Waals surface area contributed by atoms with Crippen molar-refractivity contribution in [2.45, 2.75) is 6.42 Å². The normalized spacial score (nSPS) is 10.5. The third-order valence-corrected chi connectivity index (χ3v) is 3.19. The van der Waals surface area contributed by atoms with Gasteiger partial charge in [-0.25, -0.2) is 0 Å². The van der Waals surface area contributed by atoms with E-state index >= 15 is 0 Å². The second-order valence-electron chi connectivity index (χ2n) is 4.69. The lowest BCUT2D eigenvalue weighted by atomic mass is 10.1. The van der Waals surface area contributed by atoms with E-state index in [1.54, 1.807) is 12.1 Å². The van der Waals surface area contributed by atoms with Crippen molar-refractivity contribution < 1.29 is 9.63 Å². The summed E-state index contributed by atoms with van der Waals surface area (Å²) < 4.78 is 5.29. The maximum atomic E-state index is 9.26. The van der Waals surface area contributed by atoms with Gasteiger partial charge < -0.3 is 14.9 Å². The number of phenolic OH excluding ortho intramolecular Hbond substituents is 1. The van der Waals surface area contributed by atoms with Gasteiger partial charge in [0.25, 0.3) is 5.89 Å². The molecule has 0 radical (unpaired) electrons. The highest BCUT2D eigenvalue weighted by atomic mass is 16.5. The van der Waals surface area contributed by atoms with Crippen LogP contribution in [-0.2, 0) is 6.42 Å². The SMILES string of the molecule is CNc1ccc(-c2nc(Cc3ccc(O)cc3)no2)cc1. The van der Waals surface area contributed by atoms with Gasteiger partial charge in [0.1, 0.15) is 5.75 Å². The number of phenols is 1. The molecule has 0 fully saturated rings. The van der Waals surface area contributed by atoms with Gasteiger partial charge >= 0.3 is 0 Å². The van der Waals surface area contributed by atoms with Gasteiger partial charge in [-0.2, -0.15) is 4.98 Å². The predicted octanol–water partition coefficient (Wildman–Crippen LogP) is 3.07. The number of hydrogen-bond donors (Lipinski definition) is 2. The molecule has 21 heavy (non-hydrogen) atoms. The molecule has 5 nitrogen and oxygen atoms in total. The largest absolute Gasteiger partial charge is 0.508 e. The smallest absolute Gasteiger partial charge is 0.257 e. The fourth-order valence-electron chi connectivity index (χ4n) is 2.02. The van der Waals surface area contributed by atoms with Crippen molar-refractivity contribution in [2.75, 3.05) is 12.4 Å². The van der Waals surface area contributed by atoms with E-state index in [-0.39, 0.29) is 5.75 Å². The van der Waals surface area contributed by atoms with Gasteiger partial charge in [0, 0.05) is 24.7 Å². The molecule has 0 saturated carbocycles. The van der Waals surface area contributed by atoms with Crippen molar-refractivity contribution in [3.8, 4) is 17.2 Å². The van der Waals surface area contributed by atoms with E-state index in [0.29, 0.717) is 18.1 Å². The Labute approximate surface area is 122 Å². The summed E-state index contributed by atoms with van der Waals surface area (Å²) in [5, 5.41) is 16.3. The Hall–Kier alpha value is -2.82. The van der Waals surface area contributed by atoms with Gasteiger partial charge in [0.05, 0.1) is 0 Å². The Morgan fingerprint density at radius 1 is 1.05 bits per heavy atom. The Morgan fingerprint density at radius 2 is 1.76 bits per heavy atom. The fraction of sp³-hybridized carbons (Fsp3) is 0.125. The van der Waals surface area contributed by atoms with Gasteiger partial charge in [-0.05, 0) is 42.0 Å². The molecule has 2 aromatic carbocycles.